The van der Waals surface area contributed by atoms with E-state index in [1.807, 2.05) is 24.0 Å². The summed E-state index contributed by atoms with van der Waals surface area (Å²) in [6.07, 6.45) is 8.56. The molecule has 0 saturated heterocycles. The van der Waals surface area contributed by atoms with Crippen LogP contribution in [0, 0.1) is 0 Å². The van der Waals surface area contributed by atoms with Crippen LogP contribution in [0.2, 0.25) is 0 Å². The molecule has 1 aromatic rings. The lowest BCUT2D eigenvalue weighted by Crippen LogP contribution is -2.27. The SMILES string of the molecule is CCCc1ccnc(N(CCC)CCCSC)n1. The summed E-state index contributed by atoms with van der Waals surface area (Å²) in [6.45, 7) is 6.50. The summed E-state index contributed by atoms with van der Waals surface area (Å²) in [6, 6.07) is 2.03. The van der Waals surface area contributed by atoms with E-state index in [0.717, 1.165) is 44.0 Å². The first-order valence-corrected chi connectivity index (χ1v) is 8.27. The van der Waals surface area contributed by atoms with Crippen LogP contribution in [0.15, 0.2) is 12.3 Å². The van der Waals surface area contributed by atoms with E-state index in [9.17, 15) is 0 Å². The van der Waals surface area contributed by atoms with Gasteiger partial charge in [0.05, 0.1) is 0 Å². The molecular formula is C14H25N3S. The van der Waals surface area contributed by atoms with Gasteiger partial charge in [-0.15, -0.1) is 0 Å². The quantitative estimate of drug-likeness (QED) is 0.641. The fraction of sp³-hybridized carbons (Fsp3) is 0.714. The predicted molar refractivity (Wildman–Crippen MR) is 81.5 cm³/mol. The summed E-state index contributed by atoms with van der Waals surface area (Å²) in [5.74, 6) is 2.11. The maximum absolute atomic E-state index is 4.67. The zero-order valence-electron chi connectivity index (χ0n) is 11.9. The summed E-state index contributed by atoms with van der Waals surface area (Å²) in [5, 5.41) is 0. The zero-order chi connectivity index (χ0) is 13.2. The van der Waals surface area contributed by atoms with Crippen LogP contribution in [-0.2, 0) is 6.42 Å². The van der Waals surface area contributed by atoms with Gasteiger partial charge in [-0.2, -0.15) is 11.8 Å². The number of anilines is 1. The zero-order valence-corrected chi connectivity index (χ0v) is 12.7. The van der Waals surface area contributed by atoms with Crippen LogP contribution < -0.4 is 4.90 Å². The molecule has 4 heteroatoms. The van der Waals surface area contributed by atoms with Gasteiger partial charge in [0.1, 0.15) is 0 Å². The first-order valence-electron chi connectivity index (χ1n) is 6.87. The Labute approximate surface area is 115 Å². The van der Waals surface area contributed by atoms with Gasteiger partial charge in [-0.3, -0.25) is 0 Å². The van der Waals surface area contributed by atoms with Gasteiger partial charge in [0.25, 0.3) is 0 Å². The van der Waals surface area contributed by atoms with Crippen molar-refractivity contribution < 1.29 is 0 Å². The molecule has 0 aromatic carbocycles. The number of hydrogen-bond acceptors (Lipinski definition) is 4. The fourth-order valence-corrected chi connectivity index (χ4v) is 2.33. The lowest BCUT2D eigenvalue weighted by Gasteiger charge is -2.22. The molecule has 0 amide bonds. The van der Waals surface area contributed by atoms with Crippen LogP contribution in [0.3, 0.4) is 0 Å². The highest BCUT2D eigenvalue weighted by Crippen LogP contribution is 2.11. The molecule has 0 aliphatic heterocycles. The highest BCUT2D eigenvalue weighted by molar-refractivity contribution is 7.98. The van der Waals surface area contributed by atoms with E-state index in [-0.39, 0.29) is 0 Å². The third kappa shape index (κ3) is 5.25. The second-order valence-electron chi connectivity index (χ2n) is 4.43. The smallest absolute Gasteiger partial charge is 0.225 e. The highest BCUT2D eigenvalue weighted by atomic mass is 32.2. The number of nitrogens with zero attached hydrogens (tertiary/aromatic N) is 3. The second-order valence-corrected chi connectivity index (χ2v) is 5.42. The highest BCUT2D eigenvalue weighted by Gasteiger charge is 2.08. The first kappa shape index (κ1) is 15.3. The maximum Gasteiger partial charge on any atom is 0.225 e. The molecule has 0 aliphatic rings. The summed E-state index contributed by atoms with van der Waals surface area (Å²) in [4.78, 5) is 11.4. The summed E-state index contributed by atoms with van der Waals surface area (Å²) in [5.41, 5.74) is 1.16. The number of aromatic nitrogens is 2. The summed E-state index contributed by atoms with van der Waals surface area (Å²) in [7, 11) is 0. The average molecular weight is 267 g/mol. The largest absolute Gasteiger partial charge is 0.341 e. The number of hydrogen-bond donors (Lipinski definition) is 0. The van der Waals surface area contributed by atoms with Crippen LogP contribution in [0.4, 0.5) is 5.95 Å². The minimum atomic E-state index is 0.906. The van der Waals surface area contributed by atoms with E-state index in [4.69, 9.17) is 0 Å². The van der Waals surface area contributed by atoms with E-state index >= 15 is 0 Å². The van der Waals surface area contributed by atoms with Gasteiger partial charge in [0, 0.05) is 25.0 Å². The Bertz CT molecular complexity index is 331. The van der Waals surface area contributed by atoms with E-state index in [2.05, 4.69) is 35.0 Å². The van der Waals surface area contributed by atoms with Crippen molar-refractivity contribution in [3.05, 3.63) is 18.0 Å². The van der Waals surface area contributed by atoms with Crippen molar-refractivity contribution >= 4 is 17.7 Å². The molecule has 0 bridgehead atoms. The van der Waals surface area contributed by atoms with Crippen molar-refractivity contribution in [3.8, 4) is 0 Å². The third-order valence-corrected chi connectivity index (χ3v) is 3.46. The summed E-state index contributed by atoms with van der Waals surface area (Å²) >= 11 is 1.90. The van der Waals surface area contributed by atoms with Crippen molar-refractivity contribution in [2.45, 2.75) is 39.5 Å². The van der Waals surface area contributed by atoms with E-state index in [1.165, 1.54) is 12.2 Å². The molecule has 102 valence electrons. The van der Waals surface area contributed by atoms with Crippen molar-refractivity contribution in [1.29, 1.82) is 0 Å². The van der Waals surface area contributed by atoms with Crippen molar-refractivity contribution in [2.75, 3.05) is 30.0 Å². The molecule has 1 rings (SSSR count). The Morgan fingerprint density at radius 3 is 2.72 bits per heavy atom. The van der Waals surface area contributed by atoms with Gasteiger partial charge >= 0.3 is 0 Å². The number of thioether (sulfide) groups is 1. The number of rotatable bonds is 9. The molecule has 0 radical (unpaired) electrons. The van der Waals surface area contributed by atoms with Gasteiger partial charge in [-0.1, -0.05) is 20.3 Å². The Morgan fingerprint density at radius 1 is 1.22 bits per heavy atom. The molecule has 1 heterocycles. The van der Waals surface area contributed by atoms with Gasteiger partial charge in [0.15, 0.2) is 0 Å². The monoisotopic (exact) mass is 267 g/mol. The van der Waals surface area contributed by atoms with Crippen molar-refractivity contribution in [1.82, 2.24) is 9.97 Å². The normalized spacial score (nSPS) is 10.6. The molecule has 0 fully saturated rings. The van der Waals surface area contributed by atoms with Crippen LogP contribution in [0.1, 0.15) is 38.8 Å². The van der Waals surface area contributed by atoms with Crippen molar-refractivity contribution in [3.63, 3.8) is 0 Å². The second kappa shape index (κ2) is 9.20. The molecule has 0 aliphatic carbocycles. The lowest BCUT2D eigenvalue weighted by atomic mass is 10.2. The minimum Gasteiger partial charge on any atom is -0.341 e. The van der Waals surface area contributed by atoms with Crippen LogP contribution in [-0.4, -0.2) is 35.1 Å². The molecule has 0 atom stereocenters. The topological polar surface area (TPSA) is 29.0 Å². The Balaban J connectivity index is 2.67. The van der Waals surface area contributed by atoms with Gasteiger partial charge < -0.3 is 4.90 Å². The molecule has 18 heavy (non-hydrogen) atoms. The Hall–Kier alpha value is -0.770. The fourth-order valence-electron chi connectivity index (χ4n) is 1.91. The van der Waals surface area contributed by atoms with Crippen LogP contribution in [0.5, 0.6) is 0 Å². The Morgan fingerprint density at radius 2 is 2.06 bits per heavy atom. The van der Waals surface area contributed by atoms with Crippen LogP contribution in [0.25, 0.3) is 0 Å². The minimum absolute atomic E-state index is 0.906. The third-order valence-electron chi connectivity index (χ3n) is 2.76. The van der Waals surface area contributed by atoms with Gasteiger partial charge in [-0.25, -0.2) is 9.97 Å². The Kier molecular flexibility index (Phi) is 7.81. The van der Waals surface area contributed by atoms with E-state index < -0.39 is 0 Å². The maximum atomic E-state index is 4.67. The van der Waals surface area contributed by atoms with Crippen LogP contribution >= 0.6 is 11.8 Å². The molecule has 3 nitrogen and oxygen atoms in total. The molecule has 0 N–H and O–H groups in total. The predicted octanol–water partition coefficient (Wildman–Crippen LogP) is 3.40. The van der Waals surface area contributed by atoms with Gasteiger partial charge in [0.2, 0.25) is 5.95 Å². The van der Waals surface area contributed by atoms with E-state index in [0.29, 0.717) is 0 Å². The molecule has 1 aromatic heterocycles. The van der Waals surface area contributed by atoms with Gasteiger partial charge in [-0.05, 0) is 37.3 Å². The standard InChI is InChI=1S/C14H25N3S/c1-4-7-13-8-9-15-14(16-13)17(10-5-2)11-6-12-18-3/h8-9H,4-7,10-12H2,1-3H3. The molecule has 0 spiro atoms. The molecular weight excluding hydrogens is 242 g/mol. The summed E-state index contributed by atoms with van der Waals surface area (Å²) < 4.78 is 0. The average Bonchev–Trinajstić information content (AvgIpc) is 2.39. The van der Waals surface area contributed by atoms with Crippen molar-refractivity contribution in [2.24, 2.45) is 0 Å². The first-order chi connectivity index (χ1) is 8.81. The van der Waals surface area contributed by atoms with E-state index in [1.54, 1.807) is 0 Å². The molecule has 0 unspecified atom stereocenters. The molecule has 0 saturated carbocycles. The lowest BCUT2D eigenvalue weighted by molar-refractivity contribution is 0.717. The number of aryl methyl sites for hydroxylation is 1.